The van der Waals surface area contributed by atoms with Crippen molar-refractivity contribution in [3.63, 3.8) is 0 Å². The maximum Gasteiger partial charge on any atom is 0.366 e. The maximum atomic E-state index is 12.7. The number of carbonyl (C=O) groups is 10. The Hall–Kier alpha value is -6.22. The number of rotatable bonds is 30. The Labute approximate surface area is 690 Å². The van der Waals surface area contributed by atoms with Gasteiger partial charge in [0, 0.05) is 130 Å². The van der Waals surface area contributed by atoms with Gasteiger partial charge < -0.3 is 165 Å². The minimum Gasteiger partial charge on any atom is -0.477 e. The second kappa shape index (κ2) is 51.0. The molecule has 0 aromatic carbocycles. The summed E-state index contributed by atoms with van der Waals surface area (Å²) in [5.74, 6) is -14.2. The van der Waals surface area contributed by atoms with Gasteiger partial charge in [0.15, 0.2) is 0 Å². The number of nitrogens with one attached hydrogen (secondary N) is 6. The average Bonchev–Trinajstić information content (AvgIpc) is 0.778. The number of methoxy groups -OCH3 is 6. The fraction of sp³-hybridized carbons (Fsp3) is 0.867. The van der Waals surface area contributed by atoms with Crippen molar-refractivity contribution in [2.24, 2.45) is 35.5 Å². The first-order chi connectivity index (χ1) is 54.7. The Bertz CT molecular complexity index is 2960. The first-order valence-corrected chi connectivity index (χ1v) is 38.7. The molecule has 0 saturated carbocycles. The van der Waals surface area contributed by atoms with Crippen LogP contribution in [0.15, 0.2) is 0 Å². The van der Waals surface area contributed by atoms with Crippen LogP contribution in [0.1, 0.15) is 135 Å². The van der Waals surface area contributed by atoms with E-state index in [1.165, 1.54) is 72.9 Å². The van der Waals surface area contributed by atoms with Crippen LogP contribution in [0.4, 0.5) is 0 Å². The van der Waals surface area contributed by atoms with E-state index < -0.39 is 194 Å². The maximum absolute atomic E-state index is 12.7. The number of aliphatic hydroxyl groups excluding tert-OH is 12. The molecule has 7 amide bonds. The zero-order valence-corrected chi connectivity index (χ0v) is 72.7. The van der Waals surface area contributed by atoms with Gasteiger partial charge in [-0.3, -0.25) is 33.6 Å². The number of hydrogen-bond donors (Lipinski definition) is 20. The molecule has 5 aliphatic rings. The summed E-state index contributed by atoms with van der Waals surface area (Å²) < 4.78 is 58.9. The molecular formula is C75H140N8O35. The van der Waals surface area contributed by atoms with Crippen molar-refractivity contribution in [3.8, 4) is 0 Å². The number of ether oxygens (including phenoxy) is 11. The van der Waals surface area contributed by atoms with Crippen molar-refractivity contribution in [3.05, 3.63) is 0 Å². The van der Waals surface area contributed by atoms with Gasteiger partial charge in [0.2, 0.25) is 35.3 Å². The van der Waals surface area contributed by atoms with Gasteiger partial charge in [0.25, 0.3) is 35.0 Å². The number of hydrogen-bond acceptors (Lipinski definition) is 34. The van der Waals surface area contributed by atoms with Crippen LogP contribution in [-0.2, 0) is 100 Å². The van der Waals surface area contributed by atoms with Gasteiger partial charge in [-0.05, 0) is 49.6 Å². The van der Waals surface area contributed by atoms with Crippen molar-refractivity contribution in [1.82, 2.24) is 41.7 Å². The lowest BCUT2D eigenvalue weighted by Crippen LogP contribution is -2.68. The van der Waals surface area contributed by atoms with E-state index in [1.807, 2.05) is 34.9 Å². The summed E-state index contributed by atoms with van der Waals surface area (Å²) in [6.45, 7) is 20.8. The molecular weight excluding hydrogens is 1570 g/mol. The van der Waals surface area contributed by atoms with Crippen molar-refractivity contribution in [2.75, 3.05) is 105 Å². The zero-order chi connectivity index (χ0) is 92.0. The second-order valence-electron chi connectivity index (χ2n) is 30.7. The standard InChI is InChI=1S/C18H34N2O4.C16H29NO5.C14H26N2O8.C13H23NO9.C12H21NO9.C2H7N/c1-9-11(2)13(4)16-15(19-14(5)21)12(3)10-18(23-8,24-16)17(22)20(6)7;1-7-9(2)11(4)14-13(17-12(5)18)10(3)8-16(21-6,22-14)15(19)20;1-7(18)15-10-8(19)5-14(23-4,13(22)16(2)3)24-12(10)11(21)9(20)6-17;1-6(16)14-9-7(17)4-13(22-3,12(20)21-2)23-11(9)10(19)8(18)5-15;1-5(15)13-8-6(16)3-12(21-2,11(19)20)22-10(8)9(18)7(17)4-14;1-3-2/h11-13,15-16H,9-10H2,1-8H3,(H,19,21);9-11,13-14H,7-8H2,1-6H3,(H,17,18)(H,19,20);8-12,17,19-21H,5-6H2,1-4H3,(H,15,18);7-11,15,17-19H,4-5H2,1-3H3,(H,14,16);6-10,14,16-18H,3-4H2,1-2H3,(H,13,15)(H,19,20);3H,1-2H3/t11-,12?,13-,15?,16?,18?;9-,10?,11-,13?,14?,16?;;;;/m11..../s1. The molecule has 5 heterocycles. The van der Waals surface area contributed by atoms with E-state index in [0.717, 1.165) is 41.1 Å². The molecule has 20 N–H and O–H groups in total. The quantitative estimate of drug-likeness (QED) is 0.0298. The SMILES string of the molecule is CC[C@@H](C)[C@@H](C)C1OC(OC)(C(=O)N(C)C)CC(C)C1NC(C)=O.CC[C@@H](C)[C@@H](C)C1OC(OC)(C(=O)O)CC(C)C1NC(C)=O.CNC.COC(=O)C1(OC)CC(O)C(NC(C)=O)C(C(O)C(O)CO)O1.COC1(C(=O)N(C)C)CC(O)C(NC(C)=O)C(C(O)C(O)CO)O1.COC1(C(=O)O)CC(O)C(NC(C)=O)C(C(O)C(O)CO)O1. The molecule has 30 atom stereocenters. The molecule has 43 heteroatoms. The molecule has 5 rings (SSSR count). The number of nitrogens with zero attached hydrogens (tertiary/aromatic N) is 2. The summed E-state index contributed by atoms with van der Waals surface area (Å²) in [5, 5.41) is 151. The largest absolute Gasteiger partial charge is 0.477 e. The lowest BCUT2D eigenvalue weighted by Gasteiger charge is -2.49. The average molecular weight is 1710 g/mol. The minimum absolute atomic E-state index is 0.0583. The summed E-state index contributed by atoms with van der Waals surface area (Å²) in [7, 11) is 17.4. The Morgan fingerprint density at radius 2 is 0.619 bits per heavy atom. The molecule has 43 nitrogen and oxygen atoms in total. The van der Waals surface area contributed by atoms with E-state index in [4.69, 9.17) is 62.7 Å². The van der Waals surface area contributed by atoms with Crippen molar-refractivity contribution < 1.29 is 172 Å². The third-order valence-electron chi connectivity index (χ3n) is 21.5. The molecule has 0 aromatic rings. The lowest BCUT2D eigenvalue weighted by molar-refractivity contribution is -0.305. The third kappa shape index (κ3) is 29.8. The third-order valence-corrected chi connectivity index (χ3v) is 21.5. The van der Waals surface area contributed by atoms with Crippen LogP contribution < -0.4 is 31.9 Å². The molecule has 118 heavy (non-hydrogen) atoms. The number of carboxylic acids is 2. The van der Waals surface area contributed by atoms with E-state index >= 15 is 0 Å². The smallest absolute Gasteiger partial charge is 0.366 e. The first kappa shape index (κ1) is 112. The predicted molar refractivity (Wildman–Crippen MR) is 415 cm³/mol. The predicted octanol–water partition coefficient (Wildman–Crippen LogP) is -5.67. The number of aliphatic carboxylic acids is 2. The Morgan fingerprint density at radius 3 is 0.864 bits per heavy atom. The highest BCUT2D eigenvalue weighted by Crippen LogP contribution is 2.43. The van der Waals surface area contributed by atoms with E-state index in [2.05, 4.69) is 71.3 Å². The molecule has 0 bridgehead atoms. The second-order valence-corrected chi connectivity index (χ2v) is 30.7. The summed E-state index contributed by atoms with van der Waals surface area (Å²) in [6.07, 6.45) is -17.6. The fourth-order valence-corrected chi connectivity index (χ4v) is 14.2. The van der Waals surface area contributed by atoms with Gasteiger partial charge in [-0.2, -0.15) is 0 Å². The highest BCUT2D eigenvalue weighted by Gasteiger charge is 2.60. The monoisotopic (exact) mass is 1710 g/mol. The summed E-state index contributed by atoms with van der Waals surface area (Å²) in [6, 6.07) is -3.77. The van der Waals surface area contributed by atoms with Gasteiger partial charge in [-0.25, -0.2) is 14.4 Å². The molecule has 0 radical (unpaired) electrons. The molecule has 0 spiro atoms. The van der Waals surface area contributed by atoms with Crippen molar-refractivity contribution in [1.29, 1.82) is 0 Å². The highest BCUT2D eigenvalue weighted by molar-refractivity contribution is 5.85. The van der Waals surface area contributed by atoms with E-state index in [0.29, 0.717) is 18.3 Å². The minimum atomic E-state index is -2.24. The highest BCUT2D eigenvalue weighted by atomic mass is 16.8. The number of carboxylic acid groups (broad SMARTS) is 2. The van der Waals surface area contributed by atoms with E-state index in [-0.39, 0.29) is 78.8 Å². The van der Waals surface area contributed by atoms with Gasteiger partial charge >= 0.3 is 17.9 Å². The van der Waals surface area contributed by atoms with Crippen molar-refractivity contribution in [2.45, 2.75) is 280 Å². The zero-order valence-electron chi connectivity index (χ0n) is 72.7. The van der Waals surface area contributed by atoms with Crippen LogP contribution in [0, 0.1) is 35.5 Å². The topological polar surface area (TPSA) is 634 Å². The molecule has 690 valence electrons. The van der Waals surface area contributed by atoms with Gasteiger partial charge in [0.1, 0.15) is 54.9 Å². The fourth-order valence-electron chi connectivity index (χ4n) is 14.2. The van der Waals surface area contributed by atoms with Gasteiger partial charge in [-0.1, -0.05) is 68.2 Å². The molecule has 0 aromatic heterocycles. The number of amides is 7. The van der Waals surface area contributed by atoms with Crippen molar-refractivity contribution >= 4 is 59.3 Å². The number of likely N-dealkylation sites (N-methyl/N-ethyl adjacent to an activating group) is 2. The van der Waals surface area contributed by atoms with Crippen LogP contribution in [0.5, 0.6) is 0 Å². The summed E-state index contributed by atoms with van der Waals surface area (Å²) in [4.78, 5) is 120. The molecule has 5 saturated heterocycles. The molecule has 5 aliphatic heterocycles. The Kier molecular flexibility index (Phi) is 48.3. The van der Waals surface area contributed by atoms with E-state index in [9.17, 15) is 104 Å². The van der Waals surface area contributed by atoms with Crippen LogP contribution in [0.25, 0.3) is 0 Å². The normalized spacial score (nSPS) is 33.0. The molecule has 0 aliphatic carbocycles. The van der Waals surface area contributed by atoms with Crippen LogP contribution in [-0.4, -0.2) is 390 Å². The van der Waals surface area contributed by atoms with Gasteiger partial charge in [0.05, 0.1) is 87.7 Å². The van der Waals surface area contributed by atoms with Gasteiger partial charge in [-0.15, -0.1) is 0 Å². The summed E-state index contributed by atoms with van der Waals surface area (Å²) in [5.41, 5.74) is 0. The van der Waals surface area contributed by atoms with Crippen LogP contribution in [0.3, 0.4) is 0 Å². The van der Waals surface area contributed by atoms with Crippen LogP contribution >= 0.6 is 0 Å². The number of esters is 1. The summed E-state index contributed by atoms with van der Waals surface area (Å²) >= 11 is 0. The van der Waals surface area contributed by atoms with E-state index in [1.54, 1.807) is 14.1 Å². The lowest BCUT2D eigenvalue weighted by atomic mass is 9.77. The number of aliphatic hydroxyl groups is 12. The first-order valence-electron chi connectivity index (χ1n) is 38.7. The molecule has 5 fully saturated rings. The number of carbonyl (C=O) groups excluding carboxylic acids is 8. The Morgan fingerprint density at radius 1 is 0.398 bits per heavy atom. The van der Waals surface area contributed by atoms with Crippen LogP contribution in [0.2, 0.25) is 0 Å². The molecule has 26 unspecified atom stereocenters. The Balaban J connectivity index is 0.00000144.